The first-order valence-corrected chi connectivity index (χ1v) is 7.18. The zero-order valence-electron chi connectivity index (χ0n) is 11.8. The van der Waals surface area contributed by atoms with Crippen LogP contribution in [0.1, 0.15) is 49.4 Å². The Bertz CT molecular complexity index is 444. The molecule has 1 aliphatic carbocycles. The van der Waals surface area contributed by atoms with Crippen LogP contribution < -0.4 is 4.90 Å². The number of ketones is 1. The molecule has 1 aliphatic rings. The van der Waals surface area contributed by atoms with Gasteiger partial charge in [0.05, 0.1) is 12.1 Å². The summed E-state index contributed by atoms with van der Waals surface area (Å²) in [6.45, 7) is 1.88. The van der Waals surface area contributed by atoms with E-state index in [1.807, 2.05) is 38.2 Å². The molecule has 2 rings (SSSR count). The van der Waals surface area contributed by atoms with Crippen LogP contribution in [-0.4, -0.2) is 30.1 Å². The van der Waals surface area contributed by atoms with Gasteiger partial charge in [0.2, 0.25) is 0 Å². The first-order valence-electron chi connectivity index (χ1n) is 7.18. The first kappa shape index (κ1) is 14.1. The number of hydrogen-bond donors (Lipinski definition) is 1. The predicted octanol–water partition coefficient (Wildman–Crippen LogP) is 3.02. The topological polar surface area (TPSA) is 40.5 Å². The average molecular weight is 261 g/mol. The first-order chi connectivity index (χ1) is 9.15. The number of benzene rings is 1. The number of anilines is 1. The van der Waals surface area contributed by atoms with Crippen LogP contribution in [0.3, 0.4) is 0 Å². The molecular weight excluding hydrogens is 238 g/mol. The van der Waals surface area contributed by atoms with Crippen molar-refractivity contribution >= 4 is 11.5 Å². The van der Waals surface area contributed by atoms with Gasteiger partial charge in [0, 0.05) is 24.7 Å². The van der Waals surface area contributed by atoms with Crippen molar-refractivity contribution in [3.05, 3.63) is 29.8 Å². The van der Waals surface area contributed by atoms with Gasteiger partial charge in [-0.1, -0.05) is 31.9 Å². The molecule has 0 spiro atoms. The van der Waals surface area contributed by atoms with Gasteiger partial charge in [-0.3, -0.25) is 4.79 Å². The summed E-state index contributed by atoms with van der Waals surface area (Å²) < 4.78 is 0. The van der Waals surface area contributed by atoms with Crippen molar-refractivity contribution in [3.63, 3.8) is 0 Å². The Kier molecular flexibility index (Phi) is 4.59. The van der Waals surface area contributed by atoms with Crippen LogP contribution in [0.15, 0.2) is 24.3 Å². The van der Waals surface area contributed by atoms with Gasteiger partial charge in [-0.05, 0) is 25.0 Å². The van der Waals surface area contributed by atoms with Gasteiger partial charge in [-0.15, -0.1) is 0 Å². The maximum atomic E-state index is 12.0. The van der Waals surface area contributed by atoms with Crippen molar-refractivity contribution in [2.75, 3.05) is 11.9 Å². The highest BCUT2D eigenvalue weighted by molar-refractivity contribution is 6.01. The molecule has 1 N–H and O–H groups in total. The minimum absolute atomic E-state index is 0.125. The average Bonchev–Trinajstić information content (AvgIpc) is 2.46. The lowest BCUT2D eigenvalue weighted by atomic mass is 9.90. The standard InChI is InChI=1S/C16H23NO2/c1-3-15(18)12-8-4-5-9-13(12)17(2)14-10-6-7-11-16(14)19/h4-5,8-9,14,16,19H,3,6-7,10-11H2,1-2H3. The molecule has 3 nitrogen and oxygen atoms in total. The summed E-state index contributed by atoms with van der Waals surface area (Å²) >= 11 is 0. The Balaban J connectivity index is 2.27. The molecule has 1 aromatic rings. The van der Waals surface area contributed by atoms with E-state index in [1.54, 1.807) is 0 Å². The number of rotatable bonds is 4. The van der Waals surface area contributed by atoms with E-state index in [0.29, 0.717) is 6.42 Å². The second-order valence-corrected chi connectivity index (χ2v) is 5.32. The Morgan fingerprint density at radius 1 is 1.32 bits per heavy atom. The summed E-state index contributed by atoms with van der Waals surface area (Å²) in [6.07, 6.45) is 4.32. The number of carbonyl (C=O) groups excluding carboxylic acids is 1. The van der Waals surface area contributed by atoms with E-state index in [9.17, 15) is 9.90 Å². The summed E-state index contributed by atoms with van der Waals surface area (Å²) in [5.74, 6) is 0.160. The van der Waals surface area contributed by atoms with Gasteiger partial charge in [-0.2, -0.15) is 0 Å². The van der Waals surface area contributed by atoms with Crippen molar-refractivity contribution in [1.82, 2.24) is 0 Å². The van der Waals surface area contributed by atoms with E-state index in [1.165, 1.54) is 0 Å². The lowest BCUT2D eigenvalue weighted by molar-refractivity contribution is 0.0981. The predicted molar refractivity (Wildman–Crippen MR) is 77.7 cm³/mol. The van der Waals surface area contributed by atoms with Crippen LogP contribution in [0.2, 0.25) is 0 Å². The third kappa shape index (κ3) is 2.98. The van der Waals surface area contributed by atoms with Crippen molar-refractivity contribution < 1.29 is 9.90 Å². The fourth-order valence-electron chi connectivity index (χ4n) is 2.93. The van der Waals surface area contributed by atoms with Crippen molar-refractivity contribution in [3.8, 4) is 0 Å². The fraction of sp³-hybridized carbons (Fsp3) is 0.562. The molecule has 0 bridgehead atoms. The molecule has 0 amide bonds. The highest BCUT2D eigenvalue weighted by atomic mass is 16.3. The monoisotopic (exact) mass is 261 g/mol. The van der Waals surface area contributed by atoms with Gasteiger partial charge in [0.1, 0.15) is 0 Å². The quantitative estimate of drug-likeness (QED) is 0.847. The van der Waals surface area contributed by atoms with Crippen LogP contribution in [0.25, 0.3) is 0 Å². The number of Topliss-reactive ketones (excluding diaryl/α,β-unsaturated/α-hetero) is 1. The van der Waals surface area contributed by atoms with Crippen LogP contribution in [0.5, 0.6) is 0 Å². The second-order valence-electron chi connectivity index (χ2n) is 5.32. The number of para-hydroxylation sites is 1. The number of hydrogen-bond acceptors (Lipinski definition) is 3. The van der Waals surface area contributed by atoms with E-state index < -0.39 is 0 Å². The van der Waals surface area contributed by atoms with Crippen LogP contribution in [-0.2, 0) is 0 Å². The fourth-order valence-corrected chi connectivity index (χ4v) is 2.93. The lowest BCUT2D eigenvalue weighted by Crippen LogP contribution is -2.44. The van der Waals surface area contributed by atoms with Crippen LogP contribution in [0.4, 0.5) is 5.69 Å². The van der Waals surface area contributed by atoms with E-state index in [-0.39, 0.29) is 17.9 Å². The Morgan fingerprint density at radius 3 is 2.68 bits per heavy atom. The third-order valence-corrected chi connectivity index (χ3v) is 4.10. The van der Waals surface area contributed by atoms with Gasteiger partial charge < -0.3 is 10.0 Å². The number of aliphatic hydroxyl groups excluding tert-OH is 1. The molecule has 0 radical (unpaired) electrons. The van der Waals surface area contributed by atoms with Gasteiger partial charge in [0.25, 0.3) is 0 Å². The van der Waals surface area contributed by atoms with E-state index in [0.717, 1.165) is 36.9 Å². The molecule has 3 heteroatoms. The van der Waals surface area contributed by atoms with Gasteiger partial charge in [-0.25, -0.2) is 0 Å². The molecule has 1 fully saturated rings. The molecule has 2 atom stereocenters. The molecule has 0 aliphatic heterocycles. The molecule has 1 saturated carbocycles. The van der Waals surface area contributed by atoms with Crippen LogP contribution in [0, 0.1) is 0 Å². The highest BCUT2D eigenvalue weighted by Gasteiger charge is 2.28. The molecule has 0 aromatic heterocycles. The zero-order valence-corrected chi connectivity index (χ0v) is 11.8. The van der Waals surface area contributed by atoms with Gasteiger partial charge >= 0.3 is 0 Å². The van der Waals surface area contributed by atoms with Crippen molar-refractivity contribution in [2.24, 2.45) is 0 Å². The SMILES string of the molecule is CCC(=O)c1ccccc1N(C)C1CCCCC1O. The number of likely N-dealkylation sites (N-methyl/N-ethyl adjacent to an activating group) is 1. The number of aliphatic hydroxyl groups is 1. The summed E-state index contributed by atoms with van der Waals surface area (Å²) in [4.78, 5) is 14.1. The minimum Gasteiger partial charge on any atom is -0.391 e. The summed E-state index contributed by atoms with van der Waals surface area (Å²) in [5, 5.41) is 10.2. The maximum Gasteiger partial charge on any atom is 0.164 e. The number of carbonyl (C=O) groups is 1. The van der Waals surface area contributed by atoms with E-state index >= 15 is 0 Å². The third-order valence-electron chi connectivity index (χ3n) is 4.10. The Hall–Kier alpha value is -1.35. The Morgan fingerprint density at radius 2 is 2.00 bits per heavy atom. The number of nitrogens with zero attached hydrogens (tertiary/aromatic N) is 1. The van der Waals surface area contributed by atoms with Gasteiger partial charge in [0.15, 0.2) is 5.78 Å². The zero-order chi connectivity index (χ0) is 13.8. The summed E-state index contributed by atoms with van der Waals surface area (Å²) in [5.41, 5.74) is 1.71. The van der Waals surface area contributed by atoms with Crippen LogP contribution >= 0.6 is 0 Å². The van der Waals surface area contributed by atoms with E-state index in [2.05, 4.69) is 4.90 Å². The highest BCUT2D eigenvalue weighted by Crippen LogP contribution is 2.29. The molecular formula is C16H23NO2. The molecule has 0 saturated heterocycles. The normalized spacial score (nSPS) is 23.1. The summed E-state index contributed by atoms with van der Waals surface area (Å²) in [6, 6.07) is 7.84. The van der Waals surface area contributed by atoms with Crippen molar-refractivity contribution in [1.29, 1.82) is 0 Å². The van der Waals surface area contributed by atoms with E-state index in [4.69, 9.17) is 0 Å². The second kappa shape index (κ2) is 6.20. The Labute approximate surface area is 115 Å². The molecule has 0 heterocycles. The molecule has 2 unspecified atom stereocenters. The maximum absolute atomic E-state index is 12.0. The van der Waals surface area contributed by atoms with Crippen molar-refractivity contribution in [2.45, 2.75) is 51.2 Å². The molecule has 104 valence electrons. The largest absolute Gasteiger partial charge is 0.391 e. The smallest absolute Gasteiger partial charge is 0.164 e. The summed E-state index contributed by atoms with van der Waals surface area (Å²) in [7, 11) is 1.99. The molecule has 19 heavy (non-hydrogen) atoms. The molecule has 1 aromatic carbocycles. The lowest BCUT2D eigenvalue weighted by Gasteiger charge is -2.37. The minimum atomic E-state index is -0.288.